The second-order valence-corrected chi connectivity index (χ2v) is 6.83. The number of nitrogens with zero attached hydrogens (tertiary/aromatic N) is 1. The highest BCUT2D eigenvalue weighted by molar-refractivity contribution is 7.89. The van der Waals surface area contributed by atoms with Crippen LogP contribution in [0.5, 0.6) is 0 Å². The summed E-state index contributed by atoms with van der Waals surface area (Å²) in [6.45, 7) is 1.27. The molecule has 1 saturated heterocycles. The van der Waals surface area contributed by atoms with Crippen molar-refractivity contribution in [3.8, 4) is 0 Å². The largest absolute Gasteiger partial charge is 0.315 e. The van der Waals surface area contributed by atoms with Crippen molar-refractivity contribution in [2.75, 3.05) is 20.1 Å². The molecule has 1 atom stereocenters. The van der Waals surface area contributed by atoms with Gasteiger partial charge in [0.05, 0.1) is 5.25 Å². The molecule has 18 heavy (non-hydrogen) atoms. The highest BCUT2D eigenvalue weighted by atomic mass is 32.2. The fourth-order valence-corrected chi connectivity index (χ4v) is 3.67. The molecule has 1 N–H and O–H groups in total. The van der Waals surface area contributed by atoms with Gasteiger partial charge in [-0.3, -0.25) is 0 Å². The Hall–Kier alpha value is -0.980. The molecule has 1 aromatic carbocycles. The Balaban J connectivity index is 2.12. The van der Waals surface area contributed by atoms with Crippen LogP contribution >= 0.6 is 0 Å². The Bertz CT molecular complexity index is 513. The molecule has 0 bridgehead atoms. The fourth-order valence-electron chi connectivity index (χ4n) is 2.09. The van der Waals surface area contributed by atoms with Gasteiger partial charge in [0.1, 0.15) is 5.82 Å². The van der Waals surface area contributed by atoms with Crippen LogP contribution in [-0.2, 0) is 16.6 Å². The first-order valence-corrected chi connectivity index (χ1v) is 7.41. The number of hydrogen-bond acceptors (Lipinski definition) is 3. The summed E-state index contributed by atoms with van der Waals surface area (Å²) in [6.07, 6.45) is 0.615. The van der Waals surface area contributed by atoms with Crippen LogP contribution in [-0.4, -0.2) is 38.1 Å². The molecule has 100 valence electrons. The molecule has 1 aromatic rings. The van der Waals surface area contributed by atoms with E-state index in [-0.39, 0.29) is 12.4 Å². The van der Waals surface area contributed by atoms with E-state index < -0.39 is 15.3 Å². The van der Waals surface area contributed by atoms with E-state index in [9.17, 15) is 12.8 Å². The lowest BCUT2D eigenvalue weighted by atomic mass is 10.2. The highest BCUT2D eigenvalue weighted by Crippen LogP contribution is 2.17. The molecule has 0 saturated carbocycles. The number of nitrogens with one attached hydrogen (secondary N) is 1. The Morgan fingerprint density at radius 3 is 2.78 bits per heavy atom. The molecule has 1 aliphatic heterocycles. The molecule has 0 amide bonds. The molecule has 0 spiro atoms. The smallest absolute Gasteiger partial charge is 0.218 e. The fraction of sp³-hybridized carbons (Fsp3) is 0.500. The van der Waals surface area contributed by atoms with Crippen molar-refractivity contribution in [2.24, 2.45) is 0 Å². The van der Waals surface area contributed by atoms with Gasteiger partial charge < -0.3 is 5.32 Å². The van der Waals surface area contributed by atoms with E-state index in [0.29, 0.717) is 18.5 Å². The first-order chi connectivity index (χ1) is 8.51. The summed E-state index contributed by atoms with van der Waals surface area (Å²) >= 11 is 0. The maximum atomic E-state index is 13.5. The van der Waals surface area contributed by atoms with Crippen LogP contribution in [0.2, 0.25) is 0 Å². The molecule has 1 fully saturated rings. The standard InChI is InChI=1S/C12H17FN2O2S/c1-15(9-10-4-2-3-5-12(10)13)18(16,17)11-6-7-14-8-11/h2-5,11,14H,6-9H2,1H3. The minimum atomic E-state index is -3.35. The molecule has 1 aliphatic rings. The third-order valence-corrected chi connectivity index (χ3v) is 5.46. The van der Waals surface area contributed by atoms with Gasteiger partial charge in [0, 0.05) is 25.7 Å². The Morgan fingerprint density at radius 1 is 1.44 bits per heavy atom. The van der Waals surface area contributed by atoms with Crippen molar-refractivity contribution in [2.45, 2.75) is 18.2 Å². The van der Waals surface area contributed by atoms with Gasteiger partial charge in [-0.15, -0.1) is 0 Å². The molecule has 2 rings (SSSR count). The summed E-state index contributed by atoms with van der Waals surface area (Å²) in [7, 11) is -1.85. The number of hydrogen-bond donors (Lipinski definition) is 1. The van der Waals surface area contributed by atoms with Crippen molar-refractivity contribution in [1.29, 1.82) is 0 Å². The highest BCUT2D eigenvalue weighted by Gasteiger charge is 2.32. The van der Waals surface area contributed by atoms with E-state index in [1.807, 2.05) is 0 Å². The topological polar surface area (TPSA) is 49.4 Å². The van der Waals surface area contributed by atoms with Crippen LogP contribution in [0.15, 0.2) is 24.3 Å². The van der Waals surface area contributed by atoms with Crippen molar-refractivity contribution in [1.82, 2.24) is 9.62 Å². The SMILES string of the molecule is CN(Cc1ccccc1F)S(=O)(=O)C1CCNC1. The third-order valence-electron chi connectivity index (χ3n) is 3.22. The Morgan fingerprint density at radius 2 is 2.17 bits per heavy atom. The molecular weight excluding hydrogens is 255 g/mol. The zero-order valence-electron chi connectivity index (χ0n) is 10.3. The maximum absolute atomic E-state index is 13.5. The van der Waals surface area contributed by atoms with E-state index >= 15 is 0 Å². The minimum Gasteiger partial charge on any atom is -0.315 e. The summed E-state index contributed by atoms with van der Waals surface area (Å²) in [5, 5.41) is 2.63. The summed E-state index contributed by atoms with van der Waals surface area (Å²) in [5.74, 6) is -0.371. The van der Waals surface area contributed by atoms with Crippen LogP contribution in [0.1, 0.15) is 12.0 Å². The van der Waals surface area contributed by atoms with Crippen LogP contribution in [0.4, 0.5) is 4.39 Å². The van der Waals surface area contributed by atoms with Crippen LogP contribution in [0.25, 0.3) is 0 Å². The zero-order chi connectivity index (χ0) is 13.2. The second kappa shape index (κ2) is 5.34. The van der Waals surface area contributed by atoms with Gasteiger partial charge in [-0.2, -0.15) is 0 Å². The summed E-state index contributed by atoms with van der Waals surface area (Å²) in [5.41, 5.74) is 0.398. The maximum Gasteiger partial charge on any atom is 0.218 e. The van der Waals surface area contributed by atoms with E-state index in [1.165, 1.54) is 17.4 Å². The van der Waals surface area contributed by atoms with Crippen LogP contribution in [0.3, 0.4) is 0 Å². The molecule has 1 unspecified atom stereocenters. The average molecular weight is 272 g/mol. The van der Waals surface area contributed by atoms with E-state index in [4.69, 9.17) is 0 Å². The lowest BCUT2D eigenvalue weighted by Crippen LogP contribution is -2.37. The molecule has 1 heterocycles. The van der Waals surface area contributed by atoms with E-state index in [1.54, 1.807) is 18.2 Å². The molecule has 4 nitrogen and oxygen atoms in total. The quantitative estimate of drug-likeness (QED) is 0.888. The molecule has 0 aliphatic carbocycles. The minimum absolute atomic E-state index is 0.0749. The molecule has 6 heteroatoms. The van der Waals surface area contributed by atoms with Gasteiger partial charge in [0.2, 0.25) is 10.0 Å². The summed E-state index contributed by atoms with van der Waals surface area (Å²) in [4.78, 5) is 0. The van der Waals surface area contributed by atoms with Crippen molar-refractivity contribution in [3.63, 3.8) is 0 Å². The van der Waals surface area contributed by atoms with Gasteiger partial charge in [0.25, 0.3) is 0 Å². The predicted molar refractivity (Wildman–Crippen MR) is 68.1 cm³/mol. The van der Waals surface area contributed by atoms with Crippen LogP contribution in [0, 0.1) is 5.82 Å². The Kier molecular flexibility index (Phi) is 3.99. The lowest BCUT2D eigenvalue weighted by Gasteiger charge is -2.21. The molecule has 0 radical (unpaired) electrons. The zero-order valence-corrected chi connectivity index (χ0v) is 11.1. The second-order valence-electron chi connectivity index (χ2n) is 4.51. The van der Waals surface area contributed by atoms with Crippen molar-refractivity contribution in [3.05, 3.63) is 35.6 Å². The van der Waals surface area contributed by atoms with Gasteiger partial charge in [-0.1, -0.05) is 18.2 Å². The average Bonchev–Trinajstić information content (AvgIpc) is 2.86. The summed E-state index contributed by atoms with van der Waals surface area (Å²) < 4.78 is 39.1. The van der Waals surface area contributed by atoms with Crippen molar-refractivity contribution < 1.29 is 12.8 Å². The van der Waals surface area contributed by atoms with Crippen LogP contribution < -0.4 is 5.32 Å². The molecular formula is C12H17FN2O2S. The van der Waals surface area contributed by atoms with E-state index in [2.05, 4.69) is 5.32 Å². The number of halogens is 1. The normalized spacial score (nSPS) is 20.5. The van der Waals surface area contributed by atoms with E-state index in [0.717, 1.165) is 6.54 Å². The number of rotatable bonds is 4. The van der Waals surface area contributed by atoms with Gasteiger partial charge in [0.15, 0.2) is 0 Å². The van der Waals surface area contributed by atoms with Crippen molar-refractivity contribution >= 4 is 10.0 Å². The molecule has 0 aromatic heterocycles. The number of benzene rings is 1. The Labute approximate surface area is 107 Å². The first-order valence-electron chi connectivity index (χ1n) is 5.91. The van der Waals surface area contributed by atoms with Gasteiger partial charge in [-0.05, 0) is 19.0 Å². The lowest BCUT2D eigenvalue weighted by molar-refractivity contribution is 0.448. The predicted octanol–water partition coefficient (Wildman–Crippen LogP) is 0.949. The van der Waals surface area contributed by atoms with Gasteiger partial charge in [-0.25, -0.2) is 17.1 Å². The summed E-state index contributed by atoms with van der Waals surface area (Å²) in [6, 6.07) is 6.24. The monoisotopic (exact) mass is 272 g/mol. The third kappa shape index (κ3) is 2.71. The first kappa shape index (κ1) is 13.5. The number of sulfonamides is 1. The van der Waals surface area contributed by atoms with Gasteiger partial charge >= 0.3 is 0 Å².